The molecule has 36 heavy (non-hydrogen) atoms. The number of halogens is 1. The Morgan fingerprint density at radius 1 is 1.00 bits per heavy atom. The zero-order valence-electron chi connectivity index (χ0n) is 20.1. The Hall–Kier alpha value is -3.82. The number of carbonyl (C=O) groups is 1. The van der Waals surface area contributed by atoms with Crippen LogP contribution in [0.3, 0.4) is 0 Å². The van der Waals surface area contributed by atoms with Crippen molar-refractivity contribution in [2.75, 3.05) is 33.3 Å². The van der Waals surface area contributed by atoms with Crippen LogP contribution in [-0.4, -0.2) is 44.3 Å². The van der Waals surface area contributed by atoms with Gasteiger partial charge in [-0.2, -0.15) is 0 Å². The highest BCUT2D eigenvalue weighted by Crippen LogP contribution is 2.40. The first-order valence-corrected chi connectivity index (χ1v) is 12.0. The fourth-order valence-corrected chi connectivity index (χ4v) is 4.83. The highest BCUT2D eigenvalue weighted by molar-refractivity contribution is 7.23. The first-order chi connectivity index (χ1) is 17.5. The van der Waals surface area contributed by atoms with Gasteiger partial charge in [0, 0.05) is 12.3 Å². The molecule has 10 heteroatoms. The molecule has 0 aliphatic carbocycles. The zero-order chi connectivity index (χ0) is 25.7. The molecule has 0 aliphatic heterocycles. The van der Waals surface area contributed by atoms with E-state index >= 15 is 0 Å². The zero-order valence-corrected chi connectivity index (χ0v) is 21.7. The van der Waals surface area contributed by atoms with Crippen LogP contribution in [0.2, 0.25) is 5.02 Å². The van der Waals surface area contributed by atoms with Crippen molar-refractivity contribution in [2.45, 2.75) is 6.54 Å². The largest absolute Gasteiger partial charge is 0.494 e. The lowest BCUT2D eigenvalue weighted by molar-refractivity contribution is -0.114. The average molecular weight is 526 g/mol. The third kappa shape index (κ3) is 5.22. The molecule has 8 nitrogen and oxygen atoms in total. The van der Waals surface area contributed by atoms with E-state index in [1.807, 2.05) is 18.2 Å². The van der Waals surface area contributed by atoms with Gasteiger partial charge in [0.15, 0.2) is 16.6 Å². The monoisotopic (exact) mass is 525 g/mol. The van der Waals surface area contributed by atoms with Gasteiger partial charge in [-0.15, -0.1) is 0 Å². The number of pyridine rings is 1. The van der Waals surface area contributed by atoms with E-state index in [-0.39, 0.29) is 12.5 Å². The predicted molar refractivity (Wildman–Crippen MR) is 142 cm³/mol. The van der Waals surface area contributed by atoms with E-state index in [0.717, 1.165) is 4.70 Å². The van der Waals surface area contributed by atoms with Crippen LogP contribution in [0.4, 0.5) is 5.13 Å². The van der Waals surface area contributed by atoms with Crippen molar-refractivity contribution in [3.8, 4) is 23.0 Å². The fourth-order valence-electron chi connectivity index (χ4n) is 3.57. The van der Waals surface area contributed by atoms with Crippen molar-refractivity contribution < 1.29 is 23.7 Å². The minimum Gasteiger partial charge on any atom is -0.494 e. The van der Waals surface area contributed by atoms with E-state index < -0.39 is 0 Å². The van der Waals surface area contributed by atoms with Crippen LogP contribution in [-0.2, 0) is 11.3 Å². The molecule has 0 fully saturated rings. The molecule has 0 aliphatic rings. The molecule has 0 atom stereocenters. The Morgan fingerprint density at radius 3 is 2.33 bits per heavy atom. The smallest absolute Gasteiger partial charge is 0.253 e. The summed E-state index contributed by atoms with van der Waals surface area (Å²) in [5, 5.41) is 1.01. The van der Waals surface area contributed by atoms with E-state index in [9.17, 15) is 4.79 Å². The lowest BCUT2D eigenvalue weighted by Gasteiger charge is -2.18. The number of anilines is 1. The summed E-state index contributed by atoms with van der Waals surface area (Å²) in [6.07, 6.45) is 4.83. The second kappa shape index (κ2) is 11.3. The van der Waals surface area contributed by atoms with Crippen molar-refractivity contribution in [3.63, 3.8) is 0 Å². The molecular weight excluding hydrogens is 502 g/mol. The molecule has 0 unspecified atom stereocenters. The van der Waals surface area contributed by atoms with Gasteiger partial charge < -0.3 is 18.9 Å². The van der Waals surface area contributed by atoms with Gasteiger partial charge in [-0.05, 0) is 48.0 Å². The summed E-state index contributed by atoms with van der Waals surface area (Å²) in [6, 6.07) is 12.6. The van der Waals surface area contributed by atoms with Crippen LogP contribution in [0, 0.1) is 0 Å². The number of amides is 1. The molecule has 4 aromatic rings. The summed E-state index contributed by atoms with van der Waals surface area (Å²) in [5.74, 6) is 1.74. The van der Waals surface area contributed by atoms with Gasteiger partial charge in [0.25, 0.3) is 5.91 Å². The summed E-state index contributed by atoms with van der Waals surface area (Å²) in [6.45, 7) is 0.221. The quantitative estimate of drug-likeness (QED) is 0.262. The second-order valence-corrected chi connectivity index (χ2v) is 8.85. The summed E-state index contributed by atoms with van der Waals surface area (Å²) in [5.41, 5.74) is 2.01. The molecular formula is C26H24ClN3O5S. The number of benzene rings is 2. The van der Waals surface area contributed by atoms with Crippen molar-refractivity contribution >= 4 is 50.3 Å². The maximum atomic E-state index is 13.5. The number of fused-ring (bicyclic) bond motifs is 1. The van der Waals surface area contributed by atoms with E-state index in [1.54, 1.807) is 48.5 Å². The van der Waals surface area contributed by atoms with Crippen molar-refractivity contribution in [2.24, 2.45) is 0 Å². The minimum absolute atomic E-state index is 0.221. The molecule has 2 aromatic carbocycles. The van der Waals surface area contributed by atoms with E-state index in [4.69, 9.17) is 35.5 Å². The van der Waals surface area contributed by atoms with Crippen LogP contribution in [0.1, 0.15) is 11.3 Å². The average Bonchev–Trinajstić information content (AvgIpc) is 3.36. The number of aromatic nitrogens is 2. The maximum absolute atomic E-state index is 13.5. The van der Waals surface area contributed by atoms with Gasteiger partial charge in [0.05, 0.1) is 50.4 Å². The van der Waals surface area contributed by atoms with Crippen LogP contribution < -0.4 is 23.8 Å². The minimum atomic E-state index is -0.288. The maximum Gasteiger partial charge on any atom is 0.253 e. The molecule has 0 radical (unpaired) electrons. The Kier molecular flexibility index (Phi) is 7.92. The Bertz CT molecular complexity index is 1380. The fraction of sp³-hybridized carbons (Fsp3) is 0.192. The van der Waals surface area contributed by atoms with Crippen LogP contribution >= 0.6 is 22.9 Å². The summed E-state index contributed by atoms with van der Waals surface area (Å²) in [7, 11) is 6.18. The normalized spacial score (nSPS) is 11.0. The van der Waals surface area contributed by atoms with Gasteiger partial charge in [-0.3, -0.25) is 14.7 Å². The van der Waals surface area contributed by atoms with Crippen molar-refractivity contribution in [1.29, 1.82) is 0 Å². The van der Waals surface area contributed by atoms with Crippen LogP contribution in [0.5, 0.6) is 23.0 Å². The Morgan fingerprint density at radius 2 is 1.72 bits per heavy atom. The lowest BCUT2D eigenvalue weighted by atomic mass is 10.1. The molecule has 0 saturated heterocycles. The van der Waals surface area contributed by atoms with E-state index in [0.29, 0.717) is 49.9 Å². The number of carbonyl (C=O) groups excluding carboxylic acids is 1. The number of thiazole rings is 1. The van der Waals surface area contributed by atoms with Gasteiger partial charge >= 0.3 is 0 Å². The predicted octanol–water partition coefficient (Wildman–Crippen LogP) is 5.63. The SMILES string of the molecule is COc1cc(/C=C/C(=O)N(Cc2ccccn2)c2nc3c(OC)ccc(Cl)c3s2)cc(OC)c1OC. The molecule has 2 aromatic heterocycles. The van der Waals surface area contributed by atoms with Crippen molar-refractivity contribution in [3.05, 3.63) is 71.0 Å². The molecule has 1 amide bonds. The summed E-state index contributed by atoms with van der Waals surface area (Å²) in [4.78, 5) is 24.1. The van der Waals surface area contributed by atoms with Gasteiger partial charge in [0.2, 0.25) is 5.75 Å². The van der Waals surface area contributed by atoms with Gasteiger partial charge in [0.1, 0.15) is 11.3 Å². The van der Waals surface area contributed by atoms with Crippen molar-refractivity contribution in [1.82, 2.24) is 9.97 Å². The van der Waals surface area contributed by atoms with E-state index in [1.165, 1.54) is 38.7 Å². The summed E-state index contributed by atoms with van der Waals surface area (Å²) < 4.78 is 22.4. The molecule has 4 rings (SSSR count). The Labute approximate surface area is 217 Å². The third-order valence-electron chi connectivity index (χ3n) is 5.32. The summed E-state index contributed by atoms with van der Waals surface area (Å²) >= 11 is 7.73. The Balaban J connectivity index is 1.73. The number of nitrogens with zero attached hydrogens (tertiary/aromatic N) is 3. The second-order valence-electron chi connectivity index (χ2n) is 7.46. The number of rotatable bonds is 9. The van der Waals surface area contributed by atoms with Gasteiger partial charge in [-0.1, -0.05) is 29.0 Å². The number of hydrogen-bond acceptors (Lipinski definition) is 8. The number of methoxy groups -OCH3 is 4. The van der Waals surface area contributed by atoms with E-state index in [2.05, 4.69) is 4.98 Å². The molecule has 0 N–H and O–H groups in total. The number of ether oxygens (including phenoxy) is 4. The first-order valence-electron chi connectivity index (χ1n) is 10.8. The molecule has 0 saturated carbocycles. The molecule has 186 valence electrons. The standard InChI is InChI=1S/C26H24ClN3O5S/c1-32-19-10-9-18(27)25-23(19)29-26(36-25)30(15-17-7-5-6-12-28-17)22(31)11-8-16-13-20(33-2)24(35-4)21(14-16)34-3/h5-14H,15H2,1-4H3/b11-8+. The topological polar surface area (TPSA) is 83.0 Å². The first kappa shape index (κ1) is 25.3. The third-order valence-corrected chi connectivity index (χ3v) is 6.85. The highest BCUT2D eigenvalue weighted by Gasteiger charge is 2.22. The number of hydrogen-bond donors (Lipinski definition) is 0. The molecule has 0 bridgehead atoms. The molecule has 2 heterocycles. The van der Waals surface area contributed by atoms with Crippen LogP contribution in [0.25, 0.3) is 16.3 Å². The highest BCUT2D eigenvalue weighted by atomic mass is 35.5. The molecule has 0 spiro atoms. The van der Waals surface area contributed by atoms with Crippen LogP contribution in [0.15, 0.2) is 54.7 Å². The van der Waals surface area contributed by atoms with Gasteiger partial charge in [-0.25, -0.2) is 4.98 Å². The lowest BCUT2D eigenvalue weighted by Crippen LogP contribution is -2.29.